The first-order valence-corrected chi connectivity index (χ1v) is 4.92. The van der Waals surface area contributed by atoms with E-state index < -0.39 is 10.8 Å². The van der Waals surface area contributed by atoms with Gasteiger partial charge in [-0.25, -0.2) is 4.79 Å². The smallest absolute Gasteiger partial charge is 0.356 e. The molecular formula is C8H10Cl2N2O2. The lowest BCUT2D eigenvalue weighted by Gasteiger charge is -1.99. The molecule has 1 aromatic rings. The number of carbonyl (C=O) groups excluding carboxylic acids is 1. The molecule has 0 aromatic carbocycles. The van der Waals surface area contributed by atoms with Crippen LogP contribution in [0, 0.1) is 0 Å². The minimum atomic E-state index is -0.732. The van der Waals surface area contributed by atoms with Crippen LogP contribution in [0.2, 0.25) is 0 Å². The molecule has 6 heteroatoms. The number of hydrogen-bond acceptors (Lipinski definition) is 3. The van der Waals surface area contributed by atoms with Gasteiger partial charge < -0.3 is 4.74 Å². The predicted molar refractivity (Wildman–Crippen MR) is 53.6 cm³/mol. The number of aryl methyl sites for hydroxylation is 1. The van der Waals surface area contributed by atoms with E-state index in [0.29, 0.717) is 18.0 Å². The molecule has 0 aliphatic carbocycles. The van der Waals surface area contributed by atoms with Gasteiger partial charge in [-0.15, -0.1) is 0 Å². The third kappa shape index (κ3) is 2.39. The molecule has 0 atom stereocenters. The summed E-state index contributed by atoms with van der Waals surface area (Å²) in [6, 6.07) is 1.52. The highest BCUT2D eigenvalue weighted by molar-refractivity contribution is 6.43. The molecule has 14 heavy (non-hydrogen) atoms. The van der Waals surface area contributed by atoms with Gasteiger partial charge in [-0.05, 0) is 13.0 Å². The van der Waals surface area contributed by atoms with E-state index in [4.69, 9.17) is 27.9 Å². The molecule has 0 saturated heterocycles. The summed E-state index contributed by atoms with van der Waals surface area (Å²) in [5.74, 6) is -0.428. The highest BCUT2D eigenvalue weighted by atomic mass is 35.5. The van der Waals surface area contributed by atoms with Crippen molar-refractivity contribution >= 4 is 29.2 Å². The van der Waals surface area contributed by atoms with Crippen LogP contribution >= 0.6 is 23.2 Å². The van der Waals surface area contributed by atoms with Gasteiger partial charge in [-0.3, -0.25) is 4.68 Å². The van der Waals surface area contributed by atoms with Gasteiger partial charge >= 0.3 is 5.97 Å². The van der Waals surface area contributed by atoms with Crippen LogP contribution in [0.15, 0.2) is 6.07 Å². The molecule has 0 spiro atoms. The predicted octanol–water partition coefficient (Wildman–Crippen LogP) is 2.07. The van der Waals surface area contributed by atoms with E-state index in [1.54, 1.807) is 14.0 Å². The van der Waals surface area contributed by atoms with Gasteiger partial charge in [0.25, 0.3) is 0 Å². The molecule has 4 nitrogen and oxygen atoms in total. The van der Waals surface area contributed by atoms with Crippen molar-refractivity contribution in [1.29, 1.82) is 0 Å². The van der Waals surface area contributed by atoms with E-state index >= 15 is 0 Å². The van der Waals surface area contributed by atoms with Crippen molar-refractivity contribution in [2.24, 2.45) is 7.05 Å². The molecule has 0 bridgehead atoms. The van der Waals surface area contributed by atoms with Crippen LogP contribution in [-0.4, -0.2) is 22.4 Å². The maximum Gasteiger partial charge on any atom is 0.356 e. The second-order valence-corrected chi connectivity index (χ2v) is 3.70. The molecular weight excluding hydrogens is 227 g/mol. The van der Waals surface area contributed by atoms with E-state index in [0.717, 1.165) is 0 Å². The molecule has 0 saturated carbocycles. The normalized spacial score (nSPS) is 10.6. The third-order valence-electron chi connectivity index (χ3n) is 1.61. The number of hydrogen-bond donors (Lipinski definition) is 0. The van der Waals surface area contributed by atoms with Crippen molar-refractivity contribution in [1.82, 2.24) is 9.78 Å². The summed E-state index contributed by atoms with van der Waals surface area (Å²) in [4.78, 5) is 10.6. The number of rotatable bonds is 3. The molecule has 0 unspecified atom stereocenters. The lowest BCUT2D eigenvalue weighted by molar-refractivity contribution is 0.0513. The Morgan fingerprint density at radius 1 is 1.71 bits per heavy atom. The maximum absolute atomic E-state index is 11.3. The van der Waals surface area contributed by atoms with Crippen LogP contribution in [0.25, 0.3) is 0 Å². The zero-order chi connectivity index (χ0) is 10.7. The van der Waals surface area contributed by atoms with Crippen LogP contribution in [0.4, 0.5) is 0 Å². The van der Waals surface area contributed by atoms with E-state index in [-0.39, 0.29) is 0 Å². The average molecular weight is 237 g/mol. The summed E-state index contributed by atoms with van der Waals surface area (Å²) in [7, 11) is 1.63. The van der Waals surface area contributed by atoms with Crippen LogP contribution in [0.1, 0.15) is 27.9 Å². The zero-order valence-corrected chi connectivity index (χ0v) is 9.34. The fraction of sp³-hybridized carbons (Fsp3) is 0.500. The van der Waals surface area contributed by atoms with E-state index in [1.807, 2.05) is 0 Å². The number of nitrogens with zero attached hydrogens (tertiary/aromatic N) is 2. The second-order valence-electron chi connectivity index (χ2n) is 2.60. The van der Waals surface area contributed by atoms with Crippen LogP contribution in [-0.2, 0) is 11.8 Å². The molecule has 0 amide bonds. The average Bonchev–Trinajstić information content (AvgIpc) is 2.48. The Morgan fingerprint density at radius 2 is 2.36 bits per heavy atom. The highest BCUT2D eigenvalue weighted by Gasteiger charge is 2.16. The van der Waals surface area contributed by atoms with Crippen molar-refractivity contribution in [2.75, 3.05) is 6.61 Å². The number of esters is 1. The summed E-state index contributed by atoms with van der Waals surface area (Å²) >= 11 is 11.2. The Labute approximate surface area is 91.7 Å². The zero-order valence-electron chi connectivity index (χ0n) is 7.83. The number of aromatic nitrogens is 2. The molecule has 0 fully saturated rings. The SMILES string of the molecule is CCOC(=O)c1cc(C(Cl)Cl)nn1C. The first kappa shape index (κ1) is 11.3. The number of ether oxygens (including phenoxy) is 1. The van der Waals surface area contributed by atoms with Gasteiger partial charge in [0, 0.05) is 7.05 Å². The Kier molecular flexibility index (Phi) is 3.77. The molecule has 1 rings (SSSR count). The van der Waals surface area contributed by atoms with Crippen molar-refractivity contribution in [3.8, 4) is 0 Å². The number of halogens is 2. The van der Waals surface area contributed by atoms with Gasteiger partial charge in [0.15, 0.2) is 4.84 Å². The Morgan fingerprint density at radius 3 is 2.79 bits per heavy atom. The van der Waals surface area contributed by atoms with Crippen molar-refractivity contribution in [3.63, 3.8) is 0 Å². The minimum Gasteiger partial charge on any atom is -0.461 e. The van der Waals surface area contributed by atoms with Crippen molar-refractivity contribution in [3.05, 3.63) is 17.5 Å². The minimum absolute atomic E-state index is 0.324. The molecule has 0 radical (unpaired) electrons. The first-order valence-electron chi connectivity index (χ1n) is 4.05. The topological polar surface area (TPSA) is 44.1 Å². The van der Waals surface area contributed by atoms with Crippen molar-refractivity contribution < 1.29 is 9.53 Å². The van der Waals surface area contributed by atoms with Crippen LogP contribution in [0.3, 0.4) is 0 Å². The first-order chi connectivity index (χ1) is 6.56. The highest BCUT2D eigenvalue weighted by Crippen LogP contribution is 2.23. The summed E-state index contributed by atoms with van der Waals surface area (Å²) in [5, 5.41) is 3.97. The Hall–Kier alpha value is -0.740. The lowest BCUT2D eigenvalue weighted by atomic mass is 10.4. The molecule has 78 valence electrons. The van der Waals surface area contributed by atoms with Crippen molar-refractivity contribution in [2.45, 2.75) is 11.8 Å². The summed E-state index contributed by atoms with van der Waals surface area (Å²) < 4.78 is 6.21. The fourth-order valence-corrected chi connectivity index (χ4v) is 1.21. The molecule has 0 aliphatic rings. The molecule has 1 aromatic heterocycles. The van der Waals surface area contributed by atoms with Crippen LogP contribution in [0.5, 0.6) is 0 Å². The molecule has 0 aliphatic heterocycles. The molecule has 1 heterocycles. The fourth-order valence-electron chi connectivity index (χ4n) is 0.992. The van der Waals surface area contributed by atoms with Gasteiger partial charge in [-0.2, -0.15) is 5.10 Å². The Balaban J connectivity index is 2.92. The third-order valence-corrected chi connectivity index (χ3v) is 2.05. The maximum atomic E-state index is 11.3. The number of alkyl halides is 2. The summed E-state index contributed by atoms with van der Waals surface area (Å²) in [6.45, 7) is 2.06. The van der Waals surface area contributed by atoms with Gasteiger partial charge in [0.2, 0.25) is 0 Å². The lowest BCUT2D eigenvalue weighted by Crippen LogP contribution is -2.10. The van der Waals surface area contributed by atoms with E-state index in [9.17, 15) is 4.79 Å². The van der Waals surface area contributed by atoms with Gasteiger partial charge in [0.1, 0.15) is 5.69 Å². The standard InChI is InChI=1S/C8H10Cl2N2O2/c1-3-14-8(13)6-4-5(7(9)10)11-12(6)2/h4,7H,3H2,1-2H3. The van der Waals surface area contributed by atoms with E-state index in [2.05, 4.69) is 5.10 Å². The monoisotopic (exact) mass is 236 g/mol. The second kappa shape index (κ2) is 4.66. The molecule has 0 N–H and O–H groups in total. The van der Waals surface area contributed by atoms with Crippen LogP contribution < -0.4 is 0 Å². The largest absolute Gasteiger partial charge is 0.461 e. The van der Waals surface area contributed by atoms with E-state index in [1.165, 1.54) is 10.7 Å². The number of carbonyl (C=O) groups is 1. The van der Waals surface area contributed by atoms with Gasteiger partial charge in [-0.1, -0.05) is 23.2 Å². The summed E-state index contributed by atoms with van der Waals surface area (Å²) in [5.41, 5.74) is 0.784. The van der Waals surface area contributed by atoms with Gasteiger partial charge in [0.05, 0.1) is 12.3 Å². The quantitative estimate of drug-likeness (QED) is 0.597. The summed E-state index contributed by atoms with van der Waals surface area (Å²) in [6.07, 6.45) is 0. The Bertz CT molecular complexity index is 336.